The Morgan fingerprint density at radius 2 is 0.850 bits per heavy atom. The van der Waals surface area contributed by atoms with Crippen molar-refractivity contribution in [2.45, 2.75) is 12.8 Å². The number of hydrogen-bond acceptors (Lipinski definition) is 3. The minimum absolute atomic E-state index is 0.0461. The first-order valence-electron chi connectivity index (χ1n) is 11.7. The van der Waals surface area contributed by atoms with E-state index in [1.165, 1.54) is 24.3 Å². The van der Waals surface area contributed by atoms with E-state index in [1.807, 2.05) is 0 Å². The lowest BCUT2D eigenvalue weighted by Gasteiger charge is -2.10. The molecule has 0 N–H and O–H groups in total. The molecule has 0 aromatic heterocycles. The average Bonchev–Trinajstić information content (AvgIpc) is 2.90. The molecule has 0 aliphatic heterocycles. The van der Waals surface area contributed by atoms with Crippen LogP contribution in [0.3, 0.4) is 0 Å². The number of halogens is 8. The van der Waals surface area contributed by atoms with Gasteiger partial charge in [0.05, 0.1) is 13.2 Å². The lowest BCUT2D eigenvalue weighted by molar-refractivity contribution is -0.120. The SMILES string of the molecule is O=C(CCOc1ccc(-c2cc(F)c(F)c(F)c2)c(F)c1)CCOc1ccc(-c2cc(F)c(F)c(F)c2)c(F)c1. The maximum absolute atomic E-state index is 14.4. The lowest BCUT2D eigenvalue weighted by Crippen LogP contribution is -2.10. The fourth-order valence-corrected chi connectivity index (χ4v) is 3.75. The van der Waals surface area contributed by atoms with Gasteiger partial charge in [0.2, 0.25) is 0 Å². The zero-order valence-electron chi connectivity index (χ0n) is 20.4. The predicted octanol–water partition coefficient (Wildman–Crippen LogP) is 7.94. The molecule has 0 fully saturated rings. The van der Waals surface area contributed by atoms with Gasteiger partial charge in [-0.25, -0.2) is 35.1 Å². The van der Waals surface area contributed by atoms with Gasteiger partial charge in [-0.1, -0.05) is 0 Å². The Kier molecular flexibility index (Phi) is 8.71. The third-order valence-corrected chi connectivity index (χ3v) is 5.77. The summed E-state index contributed by atoms with van der Waals surface area (Å²) in [5, 5.41) is 0. The first-order valence-corrected chi connectivity index (χ1v) is 11.7. The Morgan fingerprint density at radius 3 is 1.18 bits per heavy atom. The maximum atomic E-state index is 14.4. The maximum Gasteiger partial charge on any atom is 0.194 e. The van der Waals surface area contributed by atoms with Crippen LogP contribution in [0.4, 0.5) is 35.1 Å². The zero-order valence-corrected chi connectivity index (χ0v) is 20.4. The molecule has 0 bridgehead atoms. The highest BCUT2D eigenvalue weighted by atomic mass is 19.2. The van der Waals surface area contributed by atoms with Gasteiger partial charge in [0.15, 0.2) is 34.9 Å². The van der Waals surface area contributed by atoms with E-state index < -0.39 is 46.5 Å². The number of hydrogen-bond donors (Lipinski definition) is 0. The molecule has 40 heavy (non-hydrogen) atoms. The summed E-state index contributed by atoms with van der Waals surface area (Å²) in [6, 6.07) is 9.58. The van der Waals surface area contributed by atoms with Crippen molar-refractivity contribution in [2.75, 3.05) is 13.2 Å². The number of Topliss-reactive ketones (excluding diaryl/α,β-unsaturated/α-hetero) is 1. The zero-order chi connectivity index (χ0) is 29.0. The number of benzene rings is 4. The number of ether oxygens (including phenoxy) is 2. The second-order valence-corrected chi connectivity index (χ2v) is 8.53. The molecule has 0 aliphatic carbocycles. The fraction of sp³-hybridized carbons (Fsp3) is 0.138. The third-order valence-electron chi connectivity index (χ3n) is 5.77. The number of rotatable bonds is 10. The summed E-state index contributed by atoms with van der Waals surface area (Å²) in [6.07, 6.45) is -0.147. The quantitative estimate of drug-likeness (QED) is 0.144. The van der Waals surface area contributed by atoms with Gasteiger partial charge in [-0.2, -0.15) is 0 Å². The van der Waals surface area contributed by atoms with Gasteiger partial charge in [-0.15, -0.1) is 0 Å². The Morgan fingerprint density at radius 1 is 0.500 bits per heavy atom. The lowest BCUT2D eigenvalue weighted by atomic mass is 10.0. The summed E-state index contributed by atoms with van der Waals surface area (Å²) in [5.41, 5.74) is -0.772. The van der Waals surface area contributed by atoms with E-state index in [9.17, 15) is 39.9 Å². The second-order valence-electron chi connectivity index (χ2n) is 8.53. The van der Waals surface area contributed by atoms with Gasteiger partial charge in [-0.05, 0) is 59.7 Å². The predicted molar refractivity (Wildman–Crippen MR) is 129 cm³/mol. The highest BCUT2D eigenvalue weighted by molar-refractivity contribution is 5.78. The van der Waals surface area contributed by atoms with Gasteiger partial charge in [0.25, 0.3) is 0 Å². The van der Waals surface area contributed by atoms with E-state index in [4.69, 9.17) is 9.47 Å². The van der Waals surface area contributed by atoms with Crippen molar-refractivity contribution >= 4 is 5.78 Å². The van der Waals surface area contributed by atoms with Crippen molar-refractivity contribution in [3.8, 4) is 33.8 Å². The summed E-state index contributed by atoms with van der Waals surface area (Å²) in [6.45, 7) is -0.239. The molecule has 4 aromatic rings. The van der Waals surface area contributed by atoms with Gasteiger partial charge in [-0.3, -0.25) is 4.79 Å². The summed E-state index contributed by atoms with van der Waals surface area (Å²) in [7, 11) is 0. The molecule has 0 radical (unpaired) electrons. The van der Waals surface area contributed by atoms with Crippen LogP contribution < -0.4 is 9.47 Å². The molecule has 3 nitrogen and oxygen atoms in total. The van der Waals surface area contributed by atoms with Crippen LogP contribution in [0.1, 0.15) is 12.8 Å². The van der Waals surface area contributed by atoms with Gasteiger partial charge in [0, 0.05) is 36.1 Å². The topological polar surface area (TPSA) is 35.5 Å². The summed E-state index contributed by atoms with van der Waals surface area (Å²) in [4.78, 5) is 12.1. The Labute approximate surface area is 222 Å². The summed E-state index contributed by atoms with van der Waals surface area (Å²) >= 11 is 0. The molecule has 0 saturated carbocycles. The van der Waals surface area contributed by atoms with Gasteiger partial charge >= 0.3 is 0 Å². The molecule has 0 aliphatic rings. The van der Waals surface area contributed by atoms with Crippen molar-refractivity contribution in [1.29, 1.82) is 0 Å². The summed E-state index contributed by atoms with van der Waals surface area (Å²) in [5.74, 6) is -11.1. The standard InChI is InChI=1S/C29H18F8O3/c30-22-13-18(1-3-20(22)15-9-24(32)28(36)25(33)10-15)39-7-5-17(38)6-8-40-19-2-4-21(23(31)14-19)16-11-26(34)29(37)27(35)12-16/h1-4,9-14H,5-8H2. The molecule has 0 heterocycles. The highest BCUT2D eigenvalue weighted by Gasteiger charge is 2.16. The van der Waals surface area contributed by atoms with Crippen LogP contribution in [0.5, 0.6) is 11.5 Å². The van der Waals surface area contributed by atoms with E-state index in [0.29, 0.717) is 24.3 Å². The molecule has 0 amide bonds. The highest BCUT2D eigenvalue weighted by Crippen LogP contribution is 2.30. The van der Waals surface area contributed by atoms with E-state index in [-0.39, 0.29) is 65.6 Å². The molecular formula is C29H18F8O3. The molecular weight excluding hydrogens is 548 g/mol. The van der Waals surface area contributed by atoms with Crippen LogP contribution in [0.2, 0.25) is 0 Å². The average molecular weight is 566 g/mol. The van der Waals surface area contributed by atoms with Crippen molar-refractivity contribution in [1.82, 2.24) is 0 Å². The minimum Gasteiger partial charge on any atom is -0.493 e. The number of carbonyl (C=O) groups is 1. The van der Waals surface area contributed by atoms with E-state index in [0.717, 1.165) is 12.1 Å². The summed E-state index contributed by atoms with van der Waals surface area (Å²) < 4.78 is 120. The third kappa shape index (κ3) is 6.59. The van der Waals surface area contributed by atoms with Crippen molar-refractivity contribution in [2.24, 2.45) is 0 Å². The molecule has 0 atom stereocenters. The molecule has 4 aromatic carbocycles. The van der Waals surface area contributed by atoms with Crippen LogP contribution in [0.25, 0.3) is 22.3 Å². The molecule has 0 unspecified atom stereocenters. The smallest absolute Gasteiger partial charge is 0.194 e. The van der Waals surface area contributed by atoms with Crippen molar-refractivity contribution < 1.29 is 49.4 Å². The molecule has 208 valence electrons. The monoisotopic (exact) mass is 566 g/mol. The van der Waals surface area contributed by atoms with Crippen LogP contribution in [0.15, 0.2) is 60.7 Å². The first kappa shape index (κ1) is 28.6. The van der Waals surface area contributed by atoms with Gasteiger partial charge in [0.1, 0.15) is 28.9 Å². The Balaban J connectivity index is 1.25. The van der Waals surface area contributed by atoms with Crippen LogP contribution in [-0.4, -0.2) is 19.0 Å². The second kappa shape index (κ2) is 12.2. The fourth-order valence-electron chi connectivity index (χ4n) is 3.75. The van der Waals surface area contributed by atoms with Crippen molar-refractivity contribution in [3.05, 3.63) is 107 Å². The largest absolute Gasteiger partial charge is 0.493 e. The Bertz CT molecular complexity index is 1410. The molecule has 11 heteroatoms. The van der Waals surface area contributed by atoms with E-state index in [2.05, 4.69) is 0 Å². The first-order chi connectivity index (χ1) is 19.0. The van der Waals surface area contributed by atoms with Crippen LogP contribution >= 0.6 is 0 Å². The number of carbonyl (C=O) groups excluding carboxylic acids is 1. The van der Waals surface area contributed by atoms with Crippen LogP contribution in [-0.2, 0) is 4.79 Å². The normalized spacial score (nSPS) is 11.0. The van der Waals surface area contributed by atoms with Crippen LogP contribution in [0, 0.1) is 46.5 Å². The number of ketones is 1. The molecule has 0 saturated heterocycles. The molecule has 4 rings (SSSR count). The molecule has 0 spiro atoms. The Hall–Kier alpha value is -4.41. The van der Waals surface area contributed by atoms with E-state index in [1.54, 1.807) is 0 Å². The van der Waals surface area contributed by atoms with Gasteiger partial charge < -0.3 is 9.47 Å². The van der Waals surface area contributed by atoms with Crippen molar-refractivity contribution in [3.63, 3.8) is 0 Å². The minimum atomic E-state index is -1.67. The van der Waals surface area contributed by atoms with E-state index >= 15 is 0 Å².